The Balaban J connectivity index is 2.74. The van der Waals surface area contributed by atoms with Crippen LogP contribution in [0, 0.1) is 5.92 Å². The summed E-state index contributed by atoms with van der Waals surface area (Å²) in [7, 11) is 0. The third-order valence-electron chi connectivity index (χ3n) is 2.24. The average Bonchev–Trinajstić information content (AvgIpc) is 2.20. The number of hydrogen-bond donors (Lipinski definition) is 2. The van der Waals surface area contributed by atoms with E-state index in [1.54, 1.807) is 6.07 Å². The predicted octanol–water partition coefficient (Wildman–Crippen LogP) is 4.37. The molecule has 0 heterocycles. The highest BCUT2D eigenvalue weighted by Gasteiger charge is 2.12. The Kier molecular flexibility index (Phi) is 5.03. The fraction of sp³-hybridized carbons (Fsp3) is 0.455. The first-order chi connectivity index (χ1) is 7.41. The molecule has 0 saturated heterocycles. The minimum atomic E-state index is -0.0165. The second-order valence-electron chi connectivity index (χ2n) is 3.92. The fourth-order valence-electron chi connectivity index (χ4n) is 1.14. The van der Waals surface area contributed by atoms with Gasteiger partial charge in [0.2, 0.25) is 0 Å². The summed E-state index contributed by atoms with van der Waals surface area (Å²) in [6.07, 6.45) is 0. The molecule has 5 heteroatoms. The number of anilines is 1. The van der Waals surface area contributed by atoms with Gasteiger partial charge >= 0.3 is 0 Å². The summed E-state index contributed by atoms with van der Waals surface area (Å²) in [5.41, 5.74) is 0.504. The zero-order valence-corrected chi connectivity index (χ0v) is 11.4. The van der Waals surface area contributed by atoms with Crippen LogP contribution >= 0.6 is 34.8 Å². The highest BCUT2D eigenvalue weighted by atomic mass is 35.5. The van der Waals surface area contributed by atoms with E-state index in [9.17, 15) is 5.11 Å². The van der Waals surface area contributed by atoms with Crippen LogP contribution in [0.4, 0.5) is 5.69 Å². The Hall–Kier alpha value is -0.310. The lowest BCUT2D eigenvalue weighted by molar-refractivity contribution is 0.477. The van der Waals surface area contributed by atoms with Crippen LogP contribution in [0.25, 0.3) is 0 Å². The van der Waals surface area contributed by atoms with Gasteiger partial charge in [-0.3, -0.25) is 0 Å². The lowest BCUT2D eigenvalue weighted by atomic mass is 10.1. The van der Waals surface area contributed by atoms with E-state index in [4.69, 9.17) is 34.8 Å². The topological polar surface area (TPSA) is 32.3 Å². The van der Waals surface area contributed by atoms with Crippen LogP contribution in [0.15, 0.2) is 12.1 Å². The zero-order chi connectivity index (χ0) is 12.3. The van der Waals surface area contributed by atoms with Gasteiger partial charge in [-0.2, -0.15) is 0 Å². The number of hydrogen-bond acceptors (Lipinski definition) is 2. The van der Waals surface area contributed by atoms with Gasteiger partial charge in [-0.15, -0.1) is 11.6 Å². The van der Waals surface area contributed by atoms with Crippen molar-refractivity contribution in [3.05, 3.63) is 22.2 Å². The second-order valence-corrected chi connectivity index (χ2v) is 5.33. The quantitative estimate of drug-likeness (QED) is 0.635. The molecule has 0 spiro atoms. The maximum atomic E-state index is 9.68. The van der Waals surface area contributed by atoms with Gasteiger partial charge in [0.1, 0.15) is 0 Å². The minimum Gasteiger partial charge on any atom is -0.504 e. The molecule has 90 valence electrons. The van der Waals surface area contributed by atoms with Crippen molar-refractivity contribution in [3.63, 3.8) is 0 Å². The lowest BCUT2D eigenvalue weighted by Crippen LogP contribution is -2.19. The van der Waals surface area contributed by atoms with Gasteiger partial charge in [-0.1, -0.05) is 37.0 Å². The van der Waals surface area contributed by atoms with E-state index in [1.165, 1.54) is 6.07 Å². The van der Waals surface area contributed by atoms with Gasteiger partial charge in [0.25, 0.3) is 0 Å². The summed E-state index contributed by atoms with van der Waals surface area (Å²) in [6, 6.07) is 3.11. The number of phenolic OH excluding ortho intramolecular Hbond substituents is 1. The average molecular weight is 283 g/mol. The molecule has 2 N–H and O–H groups in total. The molecule has 0 radical (unpaired) electrons. The SMILES string of the molecule is CC(C)[C@H](Cl)CNc1cc(Cl)cc(Cl)c1O. The van der Waals surface area contributed by atoms with Crippen LogP contribution in [0.3, 0.4) is 0 Å². The molecule has 0 aliphatic heterocycles. The highest BCUT2D eigenvalue weighted by molar-refractivity contribution is 6.36. The number of benzene rings is 1. The molecule has 0 aliphatic carbocycles. The van der Waals surface area contributed by atoms with E-state index in [2.05, 4.69) is 5.32 Å². The summed E-state index contributed by atoms with van der Waals surface area (Å²) in [6.45, 7) is 4.61. The Labute approximate surface area is 111 Å². The highest BCUT2D eigenvalue weighted by Crippen LogP contribution is 2.35. The van der Waals surface area contributed by atoms with Crippen molar-refractivity contribution in [1.29, 1.82) is 0 Å². The van der Waals surface area contributed by atoms with E-state index >= 15 is 0 Å². The van der Waals surface area contributed by atoms with Gasteiger partial charge in [0.05, 0.1) is 16.1 Å². The zero-order valence-electron chi connectivity index (χ0n) is 9.10. The molecule has 1 rings (SSSR count). The summed E-state index contributed by atoms with van der Waals surface area (Å²) < 4.78 is 0. The minimum absolute atomic E-state index is 0.00121. The number of aromatic hydroxyl groups is 1. The first kappa shape index (κ1) is 13.8. The Morgan fingerprint density at radius 2 is 1.94 bits per heavy atom. The molecule has 1 aromatic carbocycles. The molecule has 0 amide bonds. The summed E-state index contributed by atoms with van der Waals surface area (Å²) in [5, 5.41) is 13.4. The number of nitrogens with one attached hydrogen (secondary N) is 1. The largest absolute Gasteiger partial charge is 0.504 e. The Morgan fingerprint density at radius 1 is 1.31 bits per heavy atom. The third kappa shape index (κ3) is 3.62. The van der Waals surface area contributed by atoms with Crippen LogP contribution in [0.1, 0.15) is 13.8 Å². The van der Waals surface area contributed by atoms with E-state index in [0.717, 1.165) is 0 Å². The smallest absolute Gasteiger partial charge is 0.157 e. The molecule has 1 atom stereocenters. The van der Waals surface area contributed by atoms with Crippen LogP contribution in [0.5, 0.6) is 5.75 Å². The van der Waals surface area contributed by atoms with Crippen molar-refractivity contribution in [2.24, 2.45) is 5.92 Å². The fourth-order valence-corrected chi connectivity index (χ4v) is 1.71. The lowest BCUT2D eigenvalue weighted by Gasteiger charge is -2.16. The van der Waals surface area contributed by atoms with E-state index in [-0.39, 0.29) is 16.1 Å². The third-order valence-corrected chi connectivity index (χ3v) is 3.40. The molecule has 1 aromatic rings. The van der Waals surface area contributed by atoms with Gasteiger partial charge in [-0.25, -0.2) is 0 Å². The van der Waals surface area contributed by atoms with Crippen molar-refractivity contribution in [1.82, 2.24) is 0 Å². The van der Waals surface area contributed by atoms with Crippen molar-refractivity contribution in [2.45, 2.75) is 19.2 Å². The molecule has 0 saturated carbocycles. The predicted molar refractivity (Wildman–Crippen MR) is 71.1 cm³/mol. The van der Waals surface area contributed by atoms with Crippen molar-refractivity contribution < 1.29 is 5.11 Å². The van der Waals surface area contributed by atoms with Crippen molar-refractivity contribution in [3.8, 4) is 5.75 Å². The molecular weight excluding hydrogens is 268 g/mol. The van der Waals surface area contributed by atoms with Gasteiger partial charge in [-0.05, 0) is 18.1 Å². The van der Waals surface area contributed by atoms with Gasteiger partial charge < -0.3 is 10.4 Å². The molecule has 0 fully saturated rings. The van der Waals surface area contributed by atoms with Gasteiger partial charge in [0.15, 0.2) is 5.75 Å². The number of halogens is 3. The number of rotatable bonds is 4. The Bertz CT molecular complexity index is 368. The molecule has 2 nitrogen and oxygen atoms in total. The molecule has 0 unspecified atom stereocenters. The first-order valence-electron chi connectivity index (χ1n) is 4.97. The summed E-state index contributed by atoms with van der Waals surface area (Å²) >= 11 is 17.7. The monoisotopic (exact) mass is 281 g/mol. The first-order valence-corrected chi connectivity index (χ1v) is 6.17. The standard InChI is InChI=1S/C11H14Cl3NO/c1-6(2)9(14)5-15-10-4-7(12)3-8(13)11(10)16/h3-4,6,9,15-16H,5H2,1-2H3/t9-/m1/s1. The normalized spacial score (nSPS) is 12.9. The van der Waals surface area contributed by atoms with Crippen molar-refractivity contribution in [2.75, 3.05) is 11.9 Å². The molecular formula is C11H14Cl3NO. The summed E-state index contributed by atoms with van der Waals surface area (Å²) in [4.78, 5) is 0. The maximum absolute atomic E-state index is 9.68. The van der Waals surface area contributed by atoms with E-state index in [1.807, 2.05) is 13.8 Å². The van der Waals surface area contributed by atoms with Gasteiger partial charge in [0, 0.05) is 11.6 Å². The Morgan fingerprint density at radius 3 is 2.50 bits per heavy atom. The number of phenols is 1. The maximum Gasteiger partial charge on any atom is 0.157 e. The van der Waals surface area contributed by atoms with E-state index < -0.39 is 0 Å². The molecule has 0 bridgehead atoms. The molecule has 0 aromatic heterocycles. The second kappa shape index (κ2) is 5.85. The molecule has 16 heavy (non-hydrogen) atoms. The van der Waals surface area contributed by atoms with Crippen LogP contribution in [-0.2, 0) is 0 Å². The molecule has 0 aliphatic rings. The van der Waals surface area contributed by atoms with Crippen LogP contribution in [-0.4, -0.2) is 17.0 Å². The van der Waals surface area contributed by atoms with Crippen molar-refractivity contribution >= 4 is 40.5 Å². The van der Waals surface area contributed by atoms with E-state index in [0.29, 0.717) is 23.2 Å². The summed E-state index contributed by atoms with van der Waals surface area (Å²) in [5.74, 6) is 0.352. The van der Waals surface area contributed by atoms with Crippen LogP contribution < -0.4 is 5.32 Å². The van der Waals surface area contributed by atoms with Crippen LogP contribution in [0.2, 0.25) is 10.0 Å². The number of alkyl halides is 1.